The molecule has 4 nitrogen and oxygen atoms in total. The zero-order valence-corrected chi connectivity index (χ0v) is 13.5. The number of oxazole rings is 1. The van der Waals surface area contributed by atoms with Gasteiger partial charge >= 0.3 is 0 Å². The van der Waals surface area contributed by atoms with E-state index in [2.05, 4.69) is 28.6 Å². The zero-order valence-electron chi connectivity index (χ0n) is 13.5. The summed E-state index contributed by atoms with van der Waals surface area (Å²) in [5, 5.41) is 0. The van der Waals surface area contributed by atoms with Crippen LogP contribution in [0.2, 0.25) is 0 Å². The van der Waals surface area contributed by atoms with Crippen molar-refractivity contribution in [1.82, 2.24) is 4.98 Å². The van der Waals surface area contributed by atoms with E-state index in [1.165, 1.54) is 0 Å². The molecule has 0 unspecified atom stereocenters. The van der Waals surface area contributed by atoms with Crippen molar-refractivity contribution in [3.05, 3.63) is 83.9 Å². The van der Waals surface area contributed by atoms with Crippen LogP contribution in [0.4, 0.5) is 5.69 Å². The van der Waals surface area contributed by atoms with Crippen molar-refractivity contribution in [2.24, 2.45) is 5.84 Å². The van der Waals surface area contributed by atoms with Gasteiger partial charge in [-0.25, -0.2) is 4.98 Å². The van der Waals surface area contributed by atoms with Crippen molar-refractivity contribution in [3.63, 3.8) is 0 Å². The van der Waals surface area contributed by atoms with E-state index in [1.807, 2.05) is 66.7 Å². The molecule has 4 rings (SSSR count). The monoisotopic (exact) mass is 327 g/mol. The van der Waals surface area contributed by atoms with Crippen LogP contribution in [0.25, 0.3) is 34.7 Å². The third kappa shape index (κ3) is 3.16. The summed E-state index contributed by atoms with van der Waals surface area (Å²) in [6.45, 7) is 0. The Morgan fingerprint density at radius 1 is 0.880 bits per heavy atom. The fourth-order valence-electron chi connectivity index (χ4n) is 2.71. The van der Waals surface area contributed by atoms with E-state index in [0.717, 1.165) is 33.5 Å². The number of aromatic nitrogens is 1. The molecule has 0 bridgehead atoms. The van der Waals surface area contributed by atoms with E-state index < -0.39 is 0 Å². The van der Waals surface area contributed by atoms with Crippen molar-refractivity contribution in [2.75, 3.05) is 5.43 Å². The van der Waals surface area contributed by atoms with Gasteiger partial charge in [-0.3, -0.25) is 5.84 Å². The number of benzene rings is 3. The average Bonchev–Trinajstić information content (AvgIpc) is 3.11. The molecule has 0 aliphatic rings. The molecule has 0 amide bonds. The maximum absolute atomic E-state index is 5.83. The number of fused-ring (bicyclic) bond motifs is 1. The lowest BCUT2D eigenvalue weighted by Crippen LogP contribution is -2.08. The maximum Gasteiger partial charge on any atom is 0.227 e. The van der Waals surface area contributed by atoms with Crippen LogP contribution in [-0.2, 0) is 0 Å². The lowest BCUT2D eigenvalue weighted by Gasteiger charge is -2.07. The molecule has 0 fully saturated rings. The highest BCUT2D eigenvalue weighted by molar-refractivity contribution is 5.81. The van der Waals surface area contributed by atoms with Gasteiger partial charge in [0.2, 0.25) is 5.89 Å². The second-order valence-corrected chi connectivity index (χ2v) is 5.68. The summed E-state index contributed by atoms with van der Waals surface area (Å²) in [4.78, 5) is 4.53. The van der Waals surface area contributed by atoms with Crippen LogP contribution in [0.1, 0.15) is 11.1 Å². The topological polar surface area (TPSA) is 64.1 Å². The molecule has 0 aliphatic carbocycles. The largest absolute Gasteiger partial charge is 0.436 e. The first kappa shape index (κ1) is 15.2. The summed E-state index contributed by atoms with van der Waals surface area (Å²) in [6, 6.07) is 23.8. The van der Waals surface area contributed by atoms with Crippen LogP contribution in [0.3, 0.4) is 0 Å². The molecule has 0 saturated carbocycles. The first-order valence-electron chi connectivity index (χ1n) is 8.03. The second kappa shape index (κ2) is 6.63. The quantitative estimate of drug-likeness (QED) is 0.316. The third-order valence-corrected chi connectivity index (χ3v) is 4.00. The molecule has 0 spiro atoms. The lowest BCUT2D eigenvalue weighted by molar-refractivity contribution is 0.620. The van der Waals surface area contributed by atoms with Gasteiger partial charge in [-0.1, -0.05) is 60.7 Å². The van der Waals surface area contributed by atoms with Crippen LogP contribution in [0.15, 0.2) is 77.2 Å². The third-order valence-electron chi connectivity index (χ3n) is 4.00. The Morgan fingerprint density at radius 3 is 2.48 bits per heavy atom. The van der Waals surface area contributed by atoms with Crippen molar-refractivity contribution < 1.29 is 4.42 Å². The number of nitrogens with zero attached hydrogens (tertiary/aromatic N) is 1. The molecule has 25 heavy (non-hydrogen) atoms. The first-order chi connectivity index (χ1) is 12.3. The Balaban J connectivity index is 1.68. The van der Waals surface area contributed by atoms with Gasteiger partial charge in [0.1, 0.15) is 5.52 Å². The van der Waals surface area contributed by atoms with Crippen LogP contribution >= 0.6 is 0 Å². The van der Waals surface area contributed by atoms with Gasteiger partial charge in [0, 0.05) is 5.56 Å². The highest BCUT2D eigenvalue weighted by atomic mass is 16.3. The summed E-state index contributed by atoms with van der Waals surface area (Å²) in [5.74, 6) is 6.29. The predicted molar refractivity (Wildman–Crippen MR) is 103 cm³/mol. The van der Waals surface area contributed by atoms with E-state index in [1.54, 1.807) is 0 Å². The molecule has 4 heteroatoms. The number of rotatable bonds is 4. The molecule has 0 atom stereocenters. The Hall–Kier alpha value is -3.37. The minimum Gasteiger partial charge on any atom is -0.436 e. The number of nitrogens with two attached hydrogens (primary N) is 1. The first-order valence-corrected chi connectivity index (χ1v) is 8.03. The molecular weight excluding hydrogens is 310 g/mol. The van der Waals surface area contributed by atoms with Gasteiger partial charge in [-0.05, 0) is 35.4 Å². The smallest absolute Gasteiger partial charge is 0.227 e. The van der Waals surface area contributed by atoms with Gasteiger partial charge in [0.25, 0.3) is 0 Å². The van der Waals surface area contributed by atoms with Crippen LogP contribution in [0.5, 0.6) is 0 Å². The van der Waals surface area contributed by atoms with Gasteiger partial charge in [-0.15, -0.1) is 0 Å². The Morgan fingerprint density at radius 2 is 1.68 bits per heavy atom. The zero-order chi connectivity index (χ0) is 17.1. The highest BCUT2D eigenvalue weighted by Crippen LogP contribution is 2.28. The summed E-state index contributed by atoms with van der Waals surface area (Å²) >= 11 is 0. The minimum absolute atomic E-state index is 0.580. The SMILES string of the molecule is NNc1cc(-c2nc3ccccc3o2)ccc1C=Cc1ccccc1. The molecule has 122 valence electrons. The summed E-state index contributed by atoms with van der Waals surface area (Å²) in [6.07, 6.45) is 4.08. The minimum atomic E-state index is 0.580. The summed E-state index contributed by atoms with van der Waals surface area (Å²) in [5.41, 5.74) is 8.18. The molecule has 0 saturated heterocycles. The average molecular weight is 327 g/mol. The lowest BCUT2D eigenvalue weighted by atomic mass is 10.1. The fraction of sp³-hybridized carbons (Fsp3) is 0. The van der Waals surface area contributed by atoms with Gasteiger partial charge in [0.15, 0.2) is 5.58 Å². The molecule has 3 N–H and O–H groups in total. The maximum atomic E-state index is 5.83. The van der Waals surface area contributed by atoms with Gasteiger partial charge in [-0.2, -0.15) is 0 Å². The molecular formula is C21H17N3O. The van der Waals surface area contributed by atoms with E-state index in [0.29, 0.717) is 5.89 Å². The van der Waals surface area contributed by atoms with E-state index in [-0.39, 0.29) is 0 Å². The number of hydrogen-bond acceptors (Lipinski definition) is 4. The number of nitrogen functional groups attached to an aromatic ring is 1. The van der Waals surface area contributed by atoms with E-state index in [4.69, 9.17) is 10.3 Å². The molecule has 1 heterocycles. The van der Waals surface area contributed by atoms with E-state index in [9.17, 15) is 0 Å². The normalized spacial score (nSPS) is 11.2. The molecule has 1 aromatic heterocycles. The number of anilines is 1. The molecule has 0 aliphatic heterocycles. The predicted octanol–water partition coefficient (Wildman–Crippen LogP) is 4.95. The van der Waals surface area contributed by atoms with Crippen molar-refractivity contribution in [2.45, 2.75) is 0 Å². The number of hydrogen-bond donors (Lipinski definition) is 2. The Labute approximate surface area is 145 Å². The number of para-hydroxylation sites is 2. The Kier molecular flexibility index (Phi) is 4.02. The number of nitrogens with one attached hydrogen (secondary N) is 1. The standard InChI is InChI=1S/C21H17N3O/c22-24-19-14-17(21-23-18-8-4-5-9-20(18)25-21)13-12-16(19)11-10-15-6-2-1-3-7-15/h1-14,24H,22H2. The Bertz CT molecular complexity index is 1000. The number of hydrazine groups is 1. The van der Waals surface area contributed by atoms with E-state index >= 15 is 0 Å². The van der Waals surface area contributed by atoms with Crippen molar-refractivity contribution in [3.8, 4) is 11.5 Å². The van der Waals surface area contributed by atoms with Crippen LogP contribution in [0, 0.1) is 0 Å². The fourth-order valence-corrected chi connectivity index (χ4v) is 2.71. The van der Waals surface area contributed by atoms with Gasteiger partial charge < -0.3 is 9.84 Å². The summed E-state index contributed by atoms with van der Waals surface area (Å²) in [7, 11) is 0. The molecule has 3 aromatic carbocycles. The molecule has 4 aromatic rings. The highest BCUT2D eigenvalue weighted by Gasteiger charge is 2.09. The van der Waals surface area contributed by atoms with Crippen LogP contribution < -0.4 is 11.3 Å². The summed E-state index contributed by atoms with van der Waals surface area (Å²) < 4.78 is 5.83. The van der Waals surface area contributed by atoms with Gasteiger partial charge in [0.05, 0.1) is 5.69 Å². The van der Waals surface area contributed by atoms with Crippen molar-refractivity contribution >= 4 is 28.9 Å². The van der Waals surface area contributed by atoms with Crippen molar-refractivity contribution in [1.29, 1.82) is 0 Å². The van der Waals surface area contributed by atoms with Crippen LogP contribution in [-0.4, -0.2) is 4.98 Å². The second-order valence-electron chi connectivity index (χ2n) is 5.68. The molecule has 0 radical (unpaired) electrons.